The van der Waals surface area contributed by atoms with Crippen molar-refractivity contribution in [1.29, 1.82) is 0 Å². The summed E-state index contributed by atoms with van der Waals surface area (Å²) in [5, 5.41) is 9.96. The smallest absolute Gasteiger partial charge is 0.380 e. The molecule has 0 aliphatic carbocycles. The van der Waals surface area contributed by atoms with Gasteiger partial charge in [0.05, 0.1) is 18.8 Å². The zero-order chi connectivity index (χ0) is 12.0. The van der Waals surface area contributed by atoms with Gasteiger partial charge < -0.3 is 9.84 Å². The van der Waals surface area contributed by atoms with Crippen molar-refractivity contribution in [3.05, 3.63) is 34.9 Å². The minimum Gasteiger partial charge on any atom is -0.380 e. The van der Waals surface area contributed by atoms with E-state index in [4.69, 9.17) is 4.74 Å². The molecule has 1 heterocycles. The zero-order valence-corrected chi connectivity index (χ0v) is 8.64. The fraction of sp³-hybridized carbons (Fsp3) is 0.455. The van der Waals surface area contributed by atoms with Crippen LogP contribution in [0.1, 0.15) is 16.7 Å². The Labute approximate surface area is 90.7 Å². The summed E-state index contributed by atoms with van der Waals surface area (Å²) in [7, 11) is 0. The Kier molecular flexibility index (Phi) is 2.47. The molecule has 0 unspecified atom stereocenters. The van der Waals surface area contributed by atoms with Crippen molar-refractivity contribution in [1.82, 2.24) is 0 Å². The SMILES string of the molecule is Cc1c(C(F)(F)F)cccc1C1(O)COC1. The molecule has 2 nitrogen and oxygen atoms in total. The van der Waals surface area contributed by atoms with E-state index in [2.05, 4.69) is 0 Å². The van der Waals surface area contributed by atoms with Crippen molar-refractivity contribution in [2.24, 2.45) is 0 Å². The molecule has 1 N–H and O–H groups in total. The maximum Gasteiger partial charge on any atom is 0.416 e. The van der Waals surface area contributed by atoms with E-state index in [1.165, 1.54) is 19.1 Å². The number of halogens is 3. The minimum atomic E-state index is -4.39. The number of alkyl halides is 3. The lowest BCUT2D eigenvalue weighted by atomic mass is 9.86. The molecule has 1 aliphatic heterocycles. The Balaban J connectivity index is 2.49. The molecule has 1 aliphatic rings. The molecule has 1 aromatic rings. The van der Waals surface area contributed by atoms with Gasteiger partial charge in [0.2, 0.25) is 0 Å². The molecule has 1 aromatic carbocycles. The number of benzene rings is 1. The largest absolute Gasteiger partial charge is 0.416 e. The third-order valence-electron chi connectivity index (χ3n) is 2.82. The fourth-order valence-electron chi connectivity index (χ4n) is 1.90. The van der Waals surface area contributed by atoms with Gasteiger partial charge in [0.25, 0.3) is 0 Å². The summed E-state index contributed by atoms with van der Waals surface area (Å²) in [6.45, 7) is 1.47. The van der Waals surface area contributed by atoms with Crippen molar-refractivity contribution in [2.75, 3.05) is 13.2 Å². The fourth-order valence-corrected chi connectivity index (χ4v) is 1.90. The lowest BCUT2D eigenvalue weighted by molar-refractivity contribution is -0.185. The highest BCUT2D eigenvalue weighted by molar-refractivity contribution is 5.40. The maximum atomic E-state index is 12.6. The highest BCUT2D eigenvalue weighted by Gasteiger charge is 2.42. The van der Waals surface area contributed by atoms with Crippen molar-refractivity contribution >= 4 is 0 Å². The normalized spacial score (nSPS) is 19.3. The maximum absolute atomic E-state index is 12.6. The summed E-state index contributed by atoms with van der Waals surface area (Å²) in [5.74, 6) is 0. The predicted molar refractivity (Wildman–Crippen MR) is 50.9 cm³/mol. The highest BCUT2D eigenvalue weighted by atomic mass is 19.4. The molecule has 0 atom stereocenters. The van der Waals surface area contributed by atoms with E-state index in [1.807, 2.05) is 0 Å². The number of hydrogen-bond acceptors (Lipinski definition) is 2. The molecule has 0 amide bonds. The van der Waals surface area contributed by atoms with Crippen LogP contribution in [0.2, 0.25) is 0 Å². The van der Waals surface area contributed by atoms with E-state index in [0.29, 0.717) is 5.56 Å². The molecule has 88 valence electrons. The van der Waals surface area contributed by atoms with Crippen LogP contribution >= 0.6 is 0 Å². The molecular formula is C11H11F3O2. The second kappa shape index (κ2) is 3.46. The molecule has 0 bridgehead atoms. The van der Waals surface area contributed by atoms with Crippen molar-refractivity contribution in [3.63, 3.8) is 0 Å². The third kappa shape index (κ3) is 1.70. The lowest BCUT2D eigenvalue weighted by Crippen LogP contribution is -2.47. The van der Waals surface area contributed by atoms with Crippen LogP contribution in [0.5, 0.6) is 0 Å². The van der Waals surface area contributed by atoms with Crippen LogP contribution in [-0.2, 0) is 16.5 Å². The van der Waals surface area contributed by atoms with Crippen LogP contribution in [0.25, 0.3) is 0 Å². The summed E-state index contributed by atoms with van der Waals surface area (Å²) in [4.78, 5) is 0. The van der Waals surface area contributed by atoms with Crippen LogP contribution < -0.4 is 0 Å². The van der Waals surface area contributed by atoms with E-state index < -0.39 is 17.3 Å². The van der Waals surface area contributed by atoms with Crippen LogP contribution in [-0.4, -0.2) is 18.3 Å². The van der Waals surface area contributed by atoms with Crippen molar-refractivity contribution in [2.45, 2.75) is 18.7 Å². The lowest BCUT2D eigenvalue weighted by Gasteiger charge is -2.38. The first-order chi connectivity index (χ1) is 7.34. The number of hydrogen-bond donors (Lipinski definition) is 1. The Bertz CT molecular complexity index is 408. The van der Waals surface area contributed by atoms with E-state index >= 15 is 0 Å². The molecule has 0 spiro atoms. The van der Waals surface area contributed by atoms with Crippen LogP contribution in [0, 0.1) is 6.92 Å². The third-order valence-corrected chi connectivity index (χ3v) is 2.82. The average Bonchev–Trinajstić information content (AvgIpc) is 2.13. The molecule has 0 saturated carbocycles. The van der Waals surface area contributed by atoms with Gasteiger partial charge in [0.15, 0.2) is 0 Å². The molecular weight excluding hydrogens is 221 g/mol. The molecule has 1 fully saturated rings. The average molecular weight is 232 g/mol. The van der Waals surface area contributed by atoms with Crippen LogP contribution in [0.3, 0.4) is 0 Å². The number of rotatable bonds is 1. The van der Waals surface area contributed by atoms with Gasteiger partial charge in [-0.2, -0.15) is 13.2 Å². The summed E-state index contributed by atoms with van der Waals surface area (Å²) < 4.78 is 42.7. The van der Waals surface area contributed by atoms with E-state index in [0.717, 1.165) is 6.07 Å². The Morgan fingerprint density at radius 2 is 1.94 bits per heavy atom. The monoisotopic (exact) mass is 232 g/mol. The second-order valence-corrected chi connectivity index (χ2v) is 4.00. The Hall–Kier alpha value is -1.07. The van der Waals surface area contributed by atoms with Gasteiger partial charge >= 0.3 is 6.18 Å². The van der Waals surface area contributed by atoms with Crippen molar-refractivity contribution in [3.8, 4) is 0 Å². The summed E-state index contributed by atoms with van der Waals surface area (Å²) in [6.07, 6.45) is -4.39. The van der Waals surface area contributed by atoms with Crippen LogP contribution in [0.4, 0.5) is 13.2 Å². The van der Waals surface area contributed by atoms with Gasteiger partial charge in [-0.05, 0) is 24.1 Å². The quantitative estimate of drug-likeness (QED) is 0.804. The highest BCUT2D eigenvalue weighted by Crippen LogP contribution is 2.38. The predicted octanol–water partition coefficient (Wildman–Crippen LogP) is 2.23. The number of ether oxygens (including phenoxy) is 1. The molecule has 0 radical (unpaired) electrons. The van der Waals surface area contributed by atoms with Gasteiger partial charge in [-0.3, -0.25) is 0 Å². The molecule has 16 heavy (non-hydrogen) atoms. The zero-order valence-electron chi connectivity index (χ0n) is 8.64. The first-order valence-corrected chi connectivity index (χ1v) is 4.82. The molecule has 5 heteroatoms. The Morgan fingerprint density at radius 3 is 2.38 bits per heavy atom. The topological polar surface area (TPSA) is 29.5 Å². The first-order valence-electron chi connectivity index (χ1n) is 4.82. The van der Waals surface area contributed by atoms with Crippen molar-refractivity contribution < 1.29 is 23.0 Å². The minimum absolute atomic E-state index is 0.0507. The Morgan fingerprint density at radius 1 is 1.31 bits per heavy atom. The van der Waals surface area contributed by atoms with Crippen LogP contribution in [0.15, 0.2) is 18.2 Å². The van der Waals surface area contributed by atoms with Gasteiger partial charge in [0.1, 0.15) is 5.60 Å². The number of aliphatic hydroxyl groups is 1. The summed E-state index contributed by atoms with van der Waals surface area (Å²) in [6, 6.07) is 3.83. The van der Waals surface area contributed by atoms with E-state index in [-0.39, 0.29) is 18.8 Å². The van der Waals surface area contributed by atoms with Gasteiger partial charge in [-0.1, -0.05) is 12.1 Å². The first kappa shape index (κ1) is 11.4. The van der Waals surface area contributed by atoms with Gasteiger partial charge in [0, 0.05) is 0 Å². The summed E-state index contributed by atoms with van der Waals surface area (Å²) >= 11 is 0. The van der Waals surface area contributed by atoms with Gasteiger partial charge in [-0.25, -0.2) is 0 Å². The second-order valence-electron chi connectivity index (χ2n) is 4.00. The van der Waals surface area contributed by atoms with E-state index in [1.54, 1.807) is 0 Å². The molecule has 0 aromatic heterocycles. The van der Waals surface area contributed by atoms with Gasteiger partial charge in [-0.15, -0.1) is 0 Å². The molecule has 2 rings (SSSR count). The summed E-state index contributed by atoms with van der Waals surface area (Å²) in [5.41, 5.74) is -1.59. The molecule has 1 saturated heterocycles. The van der Waals surface area contributed by atoms with E-state index in [9.17, 15) is 18.3 Å². The standard InChI is InChI=1S/C11H11F3O2/c1-7-8(10(15)5-16-6-10)3-2-4-9(7)11(12,13)14/h2-4,15H,5-6H2,1H3.